The fraction of sp³-hybridized carbons (Fsp3) is 0.292. The van der Waals surface area contributed by atoms with E-state index in [0.29, 0.717) is 96.5 Å². The number of carbonyl (C=O) groups excluding carboxylic acids is 2. The van der Waals surface area contributed by atoms with Crippen LogP contribution in [-0.4, -0.2) is 110 Å². The van der Waals surface area contributed by atoms with E-state index in [9.17, 15) is 40.3 Å². The summed E-state index contributed by atoms with van der Waals surface area (Å²) < 4.78 is 115. The standard InChI is InChI=1S/C30H30F4N4O2.C19H21F4N3O.C16H13N5O2/c1-19-12-13-38-28(16-19)35-21(3)29(38)27(39)11-5-22-4-10-26(25(31)17-22)36-14-15-37(20(2)18-36)23-6-8-24(9-7-23)40-30(32,33)34;1-13-12-25(18-7-2-14(11-24)10-17(18)20)8-9-26(13)15-3-5-16(6-4-15)27-19(21,22)23;1-10-7-8-20-14(9-10)17-11(2)15(20)16(22)23-21-13-6-4-3-5-12(13)18-19-21/h4,6-10,12-13,16-17,20H,5,11,14-15,18H2,1-3H3;2-7,10,13H,8-9,11-12,24H2,1H3;3-9H,1-2H3/t20-;13-;/m00./s1. The summed E-state index contributed by atoms with van der Waals surface area (Å²) in [4.78, 5) is 49.1. The Morgan fingerprint density at radius 3 is 1.56 bits per heavy atom. The minimum Gasteiger partial charge on any atom is -0.406 e. The number of halogens is 8. The summed E-state index contributed by atoms with van der Waals surface area (Å²) in [6, 6.07) is 36.7. The molecule has 90 heavy (non-hydrogen) atoms. The first-order valence-corrected chi connectivity index (χ1v) is 28.9. The van der Waals surface area contributed by atoms with Gasteiger partial charge in [-0.3, -0.25) is 13.6 Å². The maximum Gasteiger partial charge on any atom is 0.573 e. The molecule has 0 radical (unpaired) electrons. The van der Waals surface area contributed by atoms with E-state index >= 15 is 4.39 Å². The van der Waals surface area contributed by atoms with Gasteiger partial charge in [0, 0.05) is 88.1 Å². The van der Waals surface area contributed by atoms with E-state index in [0.717, 1.165) is 44.1 Å². The molecule has 2 aliphatic rings. The lowest BCUT2D eigenvalue weighted by atomic mass is 10.0. The van der Waals surface area contributed by atoms with Crippen LogP contribution in [0.4, 0.5) is 57.9 Å². The molecule has 0 bridgehead atoms. The van der Waals surface area contributed by atoms with Crippen molar-refractivity contribution >= 4 is 56.8 Å². The van der Waals surface area contributed by atoms with E-state index in [4.69, 9.17) is 10.6 Å². The number of Topliss-reactive ketones (excluding diaryl/α,β-unsaturated/α-hetero) is 1. The smallest absolute Gasteiger partial charge is 0.406 e. The number of nitrogens with zero attached hydrogens (tertiary/aromatic N) is 11. The van der Waals surface area contributed by atoms with Crippen molar-refractivity contribution in [2.75, 3.05) is 58.9 Å². The van der Waals surface area contributed by atoms with Gasteiger partial charge in [-0.15, -0.1) is 31.4 Å². The van der Waals surface area contributed by atoms with E-state index < -0.39 is 18.7 Å². The van der Waals surface area contributed by atoms with E-state index in [-0.39, 0.29) is 54.0 Å². The Morgan fingerprint density at radius 1 is 0.589 bits per heavy atom. The predicted molar refractivity (Wildman–Crippen MR) is 325 cm³/mol. The fourth-order valence-electron chi connectivity index (χ4n) is 11.2. The summed E-state index contributed by atoms with van der Waals surface area (Å²) in [5, 5.41) is 7.83. The normalized spacial score (nSPS) is 15.4. The maximum absolute atomic E-state index is 15.2. The van der Waals surface area contributed by atoms with Crippen molar-refractivity contribution in [3.8, 4) is 11.5 Å². The second kappa shape index (κ2) is 26.5. The topological polar surface area (TPSA) is 166 Å². The second-order valence-corrected chi connectivity index (χ2v) is 22.0. The van der Waals surface area contributed by atoms with Crippen LogP contribution in [0.2, 0.25) is 0 Å². The molecule has 25 heteroatoms. The molecule has 0 amide bonds. The summed E-state index contributed by atoms with van der Waals surface area (Å²) in [5.74, 6) is -1.74. The fourth-order valence-corrected chi connectivity index (χ4v) is 11.2. The Labute approximate surface area is 512 Å². The van der Waals surface area contributed by atoms with Gasteiger partial charge in [-0.1, -0.05) is 29.1 Å². The minimum absolute atomic E-state index is 0.00246. The molecular weight excluding hydrogens is 1180 g/mol. The van der Waals surface area contributed by atoms with Gasteiger partial charge in [-0.25, -0.2) is 23.5 Å². The van der Waals surface area contributed by atoms with Gasteiger partial charge in [-0.05, 0) is 185 Å². The van der Waals surface area contributed by atoms with Gasteiger partial charge in [0.25, 0.3) is 0 Å². The molecule has 0 saturated carbocycles. The van der Waals surface area contributed by atoms with Gasteiger partial charge < -0.3 is 39.6 Å². The van der Waals surface area contributed by atoms with Gasteiger partial charge in [0.15, 0.2) is 11.5 Å². The van der Waals surface area contributed by atoms with Crippen LogP contribution in [0.15, 0.2) is 146 Å². The van der Waals surface area contributed by atoms with Crippen molar-refractivity contribution < 1.29 is 59.0 Å². The molecule has 470 valence electrons. The molecular formula is C65H64F8N12O5. The zero-order valence-electron chi connectivity index (χ0n) is 49.9. The Kier molecular flexibility index (Phi) is 18.6. The number of rotatable bonds is 13. The number of alkyl halides is 6. The molecule has 2 atom stereocenters. The van der Waals surface area contributed by atoms with Crippen LogP contribution < -0.4 is 39.6 Å². The van der Waals surface area contributed by atoms with Crippen LogP contribution >= 0.6 is 0 Å². The van der Waals surface area contributed by atoms with Gasteiger partial charge >= 0.3 is 18.7 Å². The molecule has 10 aromatic rings. The SMILES string of the molecule is C[C@H]1CN(c2ccc(CN)cc2F)CCN1c1ccc(OC(F)(F)F)cc1.Cc1ccn2c(C(=O)CCc3ccc(N4CCN(c5ccc(OC(F)(F)F)cc5)[C@@H](C)C4)c(F)c3)c(C)nc2c1.Cc1ccn2c(C(=O)On3nnc4ccccc43)c(C)nc2c1. The molecule has 2 fully saturated rings. The van der Waals surface area contributed by atoms with Crippen molar-refractivity contribution in [3.05, 3.63) is 203 Å². The molecule has 0 unspecified atom stereocenters. The number of aryl methyl sites for hydroxylation is 5. The average molecular weight is 1250 g/mol. The molecule has 7 heterocycles. The van der Waals surface area contributed by atoms with Crippen LogP contribution in [-0.2, 0) is 13.0 Å². The van der Waals surface area contributed by atoms with Crippen LogP contribution in [0.5, 0.6) is 11.5 Å². The van der Waals surface area contributed by atoms with Crippen molar-refractivity contribution in [3.63, 3.8) is 0 Å². The summed E-state index contributed by atoms with van der Waals surface area (Å²) in [6.07, 6.45) is -5.13. The third-order valence-electron chi connectivity index (χ3n) is 15.5. The number of piperazine rings is 2. The monoisotopic (exact) mass is 1240 g/mol. The molecule has 12 rings (SSSR count). The van der Waals surface area contributed by atoms with Gasteiger partial charge in [0.05, 0.1) is 22.8 Å². The molecule has 5 aromatic carbocycles. The predicted octanol–water partition coefficient (Wildman–Crippen LogP) is 12.4. The van der Waals surface area contributed by atoms with Crippen LogP contribution in [0.1, 0.15) is 74.9 Å². The Bertz CT molecular complexity index is 4190. The number of pyridine rings is 2. The number of benzene rings is 5. The lowest BCUT2D eigenvalue weighted by Gasteiger charge is -2.42. The summed E-state index contributed by atoms with van der Waals surface area (Å²) in [6.45, 7) is 15.3. The van der Waals surface area contributed by atoms with Gasteiger partial charge in [0.2, 0.25) is 0 Å². The lowest BCUT2D eigenvalue weighted by molar-refractivity contribution is -0.275. The minimum atomic E-state index is -4.73. The zero-order valence-corrected chi connectivity index (χ0v) is 49.9. The number of carbonyl (C=O) groups is 2. The van der Waals surface area contributed by atoms with Crippen molar-refractivity contribution in [1.82, 2.24) is 33.9 Å². The van der Waals surface area contributed by atoms with Crippen LogP contribution in [0.25, 0.3) is 22.3 Å². The van der Waals surface area contributed by atoms with Gasteiger partial charge in [-0.2, -0.15) is 0 Å². The first kappa shape index (κ1) is 63.2. The molecule has 0 aliphatic carbocycles. The highest BCUT2D eigenvalue weighted by Crippen LogP contribution is 2.33. The second-order valence-electron chi connectivity index (χ2n) is 22.0. The highest BCUT2D eigenvalue weighted by atomic mass is 19.4. The maximum atomic E-state index is 15.2. The first-order chi connectivity index (χ1) is 42.9. The van der Waals surface area contributed by atoms with E-state index in [1.54, 1.807) is 70.5 Å². The van der Waals surface area contributed by atoms with Crippen molar-refractivity contribution in [2.24, 2.45) is 5.73 Å². The molecule has 17 nitrogen and oxygen atoms in total. The molecule has 5 aromatic heterocycles. The highest BCUT2D eigenvalue weighted by Gasteiger charge is 2.33. The number of ether oxygens (including phenoxy) is 2. The summed E-state index contributed by atoms with van der Waals surface area (Å²) in [5.41, 5.74) is 16.7. The third kappa shape index (κ3) is 14.9. The summed E-state index contributed by atoms with van der Waals surface area (Å²) >= 11 is 0. The van der Waals surface area contributed by atoms with E-state index in [2.05, 4.69) is 39.6 Å². The van der Waals surface area contributed by atoms with E-state index in [1.807, 2.05) is 99.1 Å². The number of aromatic nitrogens is 7. The Morgan fingerprint density at radius 2 is 1.07 bits per heavy atom. The molecule has 0 spiro atoms. The molecule has 2 saturated heterocycles. The third-order valence-corrected chi connectivity index (χ3v) is 15.5. The Hall–Kier alpha value is -9.78. The van der Waals surface area contributed by atoms with Crippen LogP contribution in [0.3, 0.4) is 0 Å². The number of imidazole rings is 2. The quantitative estimate of drug-likeness (QED) is 0.0658. The van der Waals surface area contributed by atoms with Crippen molar-refractivity contribution in [2.45, 2.75) is 85.7 Å². The number of anilines is 4. The summed E-state index contributed by atoms with van der Waals surface area (Å²) in [7, 11) is 0. The number of hydrogen-bond acceptors (Lipinski definition) is 14. The number of ketones is 1. The van der Waals surface area contributed by atoms with Gasteiger partial charge in [0.1, 0.15) is 51.2 Å². The average Bonchev–Trinajstić information content (AvgIpc) is 1.89. The number of fused-ring (bicyclic) bond motifs is 3. The van der Waals surface area contributed by atoms with Crippen molar-refractivity contribution in [1.29, 1.82) is 0 Å². The van der Waals surface area contributed by atoms with Crippen LogP contribution in [0, 0.1) is 39.3 Å². The number of hydrogen-bond donors (Lipinski definition) is 1. The highest BCUT2D eigenvalue weighted by molar-refractivity contribution is 5.96. The number of para-hydroxylation sites is 1. The molecule has 2 aliphatic heterocycles. The number of nitrogens with two attached hydrogens (primary N) is 1. The zero-order chi connectivity index (χ0) is 64.2. The lowest BCUT2D eigenvalue weighted by Crippen LogP contribution is -2.52. The van der Waals surface area contributed by atoms with E-state index in [1.165, 1.54) is 36.4 Å². The largest absolute Gasteiger partial charge is 0.573 e. The first-order valence-electron chi connectivity index (χ1n) is 28.9. The molecule has 2 N–H and O–H groups in total. The Balaban J connectivity index is 0.000000156.